The van der Waals surface area contributed by atoms with Gasteiger partial charge in [-0.25, -0.2) is 9.59 Å². The number of rotatable bonds is 17. The maximum absolute atomic E-state index is 13.5. The number of nitrogens with one attached hydrogen (secondary N) is 3. The van der Waals surface area contributed by atoms with Crippen LogP contribution >= 0.6 is 22.7 Å². The van der Waals surface area contributed by atoms with Crippen molar-refractivity contribution in [2.24, 2.45) is 0 Å². The van der Waals surface area contributed by atoms with Crippen LogP contribution in [-0.2, 0) is 35.5 Å². The van der Waals surface area contributed by atoms with E-state index in [2.05, 4.69) is 25.9 Å². The molecule has 0 aliphatic heterocycles. The molecule has 5 rings (SSSR count). The summed E-state index contributed by atoms with van der Waals surface area (Å²) in [5.41, 5.74) is 5.50. The Morgan fingerprint density at radius 3 is 1.94 bits per heavy atom. The van der Waals surface area contributed by atoms with Gasteiger partial charge in [0.05, 0.1) is 29.0 Å². The van der Waals surface area contributed by atoms with Crippen LogP contribution in [0.2, 0.25) is 0 Å². The highest BCUT2D eigenvalue weighted by Crippen LogP contribution is 2.29. The Balaban J connectivity index is 1.23. The topological polar surface area (TPSA) is 146 Å². The van der Waals surface area contributed by atoms with E-state index in [1.54, 1.807) is 28.3 Å². The number of urea groups is 1. The normalized spacial score (nSPS) is 14.4. The quantitative estimate of drug-likeness (QED) is 0.127. The molecule has 11 nitrogen and oxygen atoms in total. The van der Waals surface area contributed by atoms with Crippen LogP contribution in [0.15, 0.2) is 84.1 Å². The summed E-state index contributed by atoms with van der Waals surface area (Å²) in [4.78, 5) is 51.2. The number of thiazole rings is 2. The Bertz CT molecular complexity index is 1520. The molecule has 0 unspecified atom stereocenters. The molecule has 0 spiro atoms. The van der Waals surface area contributed by atoms with Crippen molar-refractivity contribution in [3.63, 3.8) is 0 Å². The fourth-order valence-electron chi connectivity index (χ4n) is 5.28. The number of aliphatic hydroxyl groups is 1. The molecule has 13 heteroatoms. The van der Waals surface area contributed by atoms with E-state index in [9.17, 15) is 19.5 Å². The molecule has 1 saturated carbocycles. The molecule has 1 fully saturated rings. The first kappa shape index (κ1) is 34.0. The number of ether oxygens (including phenoxy) is 1. The number of aliphatic hydroxyl groups excluding tert-OH is 1. The van der Waals surface area contributed by atoms with Crippen molar-refractivity contribution < 1.29 is 24.2 Å². The van der Waals surface area contributed by atoms with Crippen LogP contribution in [-0.4, -0.2) is 68.8 Å². The minimum atomic E-state index is -1.12. The Labute approximate surface area is 282 Å². The zero-order valence-electron chi connectivity index (χ0n) is 26.0. The third-order valence-corrected chi connectivity index (χ3v) is 9.38. The van der Waals surface area contributed by atoms with Gasteiger partial charge in [-0.05, 0) is 49.7 Å². The molecule has 0 bridgehead atoms. The molecule has 1 aliphatic rings. The summed E-state index contributed by atoms with van der Waals surface area (Å²) in [6.07, 6.45) is 6.87. The van der Waals surface area contributed by atoms with E-state index in [0.29, 0.717) is 32.2 Å². The van der Waals surface area contributed by atoms with Crippen molar-refractivity contribution in [1.82, 2.24) is 30.8 Å². The average molecular weight is 677 g/mol. The number of nitrogens with zero attached hydrogens (tertiary/aromatic N) is 3. The third-order valence-electron chi connectivity index (χ3n) is 7.87. The van der Waals surface area contributed by atoms with Crippen molar-refractivity contribution in [2.45, 2.75) is 75.8 Å². The van der Waals surface area contributed by atoms with Crippen LogP contribution in [0.4, 0.5) is 9.59 Å². The van der Waals surface area contributed by atoms with Crippen LogP contribution in [0.5, 0.6) is 0 Å². The number of hydrogen-bond donors (Lipinski definition) is 4. The van der Waals surface area contributed by atoms with E-state index in [1.165, 1.54) is 22.7 Å². The van der Waals surface area contributed by atoms with Crippen molar-refractivity contribution in [1.29, 1.82) is 0 Å². The van der Waals surface area contributed by atoms with Gasteiger partial charge in [0.1, 0.15) is 12.6 Å². The van der Waals surface area contributed by atoms with E-state index in [0.717, 1.165) is 33.7 Å². The number of amides is 4. The molecule has 47 heavy (non-hydrogen) atoms. The molecule has 248 valence electrons. The zero-order valence-corrected chi connectivity index (χ0v) is 27.6. The van der Waals surface area contributed by atoms with Gasteiger partial charge in [-0.2, -0.15) is 0 Å². The Morgan fingerprint density at radius 1 is 0.830 bits per heavy atom. The van der Waals surface area contributed by atoms with E-state index >= 15 is 0 Å². The Kier molecular flexibility index (Phi) is 12.7. The average Bonchev–Trinajstić information content (AvgIpc) is 3.52. The molecule has 4 amide bonds. The van der Waals surface area contributed by atoms with E-state index in [4.69, 9.17) is 4.74 Å². The molecular formula is C34H40N6O5S2. The SMILES string of the molecule is O=C(N[C@H](CC[C@H](Cc1ccccc1)NC(=O)[C@H](CO)NC(=O)N(Cc1cncs1)C1CC1)Cc1ccccc1)OCc1cncs1. The number of alkyl carbamates (subject to hydrolysis) is 1. The lowest BCUT2D eigenvalue weighted by molar-refractivity contribution is -0.124. The lowest BCUT2D eigenvalue weighted by atomic mass is 9.96. The Morgan fingerprint density at radius 2 is 1.40 bits per heavy atom. The first-order valence-electron chi connectivity index (χ1n) is 15.7. The number of carbonyl (C=O) groups is 3. The van der Waals surface area contributed by atoms with Crippen molar-refractivity contribution in [2.75, 3.05) is 6.61 Å². The second-order valence-corrected chi connectivity index (χ2v) is 13.5. The highest BCUT2D eigenvalue weighted by molar-refractivity contribution is 7.09. The van der Waals surface area contributed by atoms with Crippen molar-refractivity contribution in [3.8, 4) is 0 Å². The molecule has 2 aromatic carbocycles. The maximum Gasteiger partial charge on any atom is 0.407 e. The number of carbonyl (C=O) groups excluding carboxylic acids is 3. The van der Waals surface area contributed by atoms with Gasteiger partial charge >= 0.3 is 12.1 Å². The van der Waals surface area contributed by atoms with Gasteiger partial charge in [-0.15, -0.1) is 22.7 Å². The van der Waals surface area contributed by atoms with Gasteiger partial charge in [0, 0.05) is 35.4 Å². The summed E-state index contributed by atoms with van der Waals surface area (Å²) in [7, 11) is 0. The first-order chi connectivity index (χ1) is 23.0. The number of hydrogen-bond acceptors (Lipinski definition) is 9. The molecule has 3 atom stereocenters. The standard InChI is InChI=1S/C34H40N6O5S2/c41-20-31(39-33(43)40(28-13-14-28)19-29-17-35-22-46-29)32(42)37-26(15-24-7-3-1-4-8-24)11-12-27(16-25-9-5-2-6-10-25)38-34(44)45-21-30-18-36-23-47-30/h1-10,17-18,22-23,26-28,31,41H,11-16,19-21H2,(H,37,42)(H,38,44)(H,39,43)/t26-,27-,31+/m1/s1. The first-order valence-corrected chi connectivity index (χ1v) is 17.5. The minimum Gasteiger partial charge on any atom is -0.444 e. The number of benzene rings is 2. The summed E-state index contributed by atoms with van der Waals surface area (Å²) in [6.45, 7) is -0.00356. The van der Waals surface area contributed by atoms with Crippen molar-refractivity contribution >= 4 is 40.7 Å². The molecule has 4 aromatic rings. The minimum absolute atomic E-state index is 0.105. The fourth-order valence-corrected chi connectivity index (χ4v) is 6.38. The summed E-state index contributed by atoms with van der Waals surface area (Å²) in [5.74, 6) is -0.466. The monoisotopic (exact) mass is 676 g/mol. The van der Waals surface area contributed by atoms with Crippen LogP contribution < -0.4 is 16.0 Å². The molecule has 2 aromatic heterocycles. The van der Waals surface area contributed by atoms with Gasteiger partial charge in [-0.1, -0.05) is 60.7 Å². The number of aromatic nitrogens is 2. The molecule has 2 heterocycles. The predicted molar refractivity (Wildman–Crippen MR) is 181 cm³/mol. The summed E-state index contributed by atoms with van der Waals surface area (Å²) >= 11 is 2.89. The smallest absolute Gasteiger partial charge is 0.407 e. The largest absolute Gasteiger partial charge is 0.444 e. The molecule has 4 N–H and O–H groups in total. The molecule has 0 saturated heterocycles. The lowest BCUT2D eigenvalue weighted by Gasteiger charge is -2.27. The molecule has 0 radical (unpaired) electrons. The summed E-state index contributed by atoms with van der Waals surface area (Å²) < 4.78 is 5.45. The van der Waals surface area contributed by atoms with Gasteiger partial charge in [0.15, 0.2) is 0 Å². The van der Waals surface area contributed by atoms with Gasteiger partial charge in [0.2, 0.25) is 5.91 Å². The van der Waals surface area contributed by atoms with E-state index in [1.807, 2.05) is 60.7 Å². The summed E-state index contributed by atoms with van der Waals surface area (Å²) in [6, 6.07) is 17.7. The fraction of sp³-hybridized carbons (Fsp3) is 0.382. The van der Waals surface area contributed by atoms with Crippen LogP contribution in [0.3, 0.4) is 0 Å². The van der Waals surface area contributed by atoms with E-state index in [-0.39, 0.29) is 24.7 Å². The van der Waals surface area contributed by atoms with Crippen LogP contribution in [0.1, 0.15) is 46.6 Å². The highest BCUT2D eigenvalue weighted by atomic mass is 32.1. The second kappa shape index (κ2) is 17.5. The van der Waals surface area contributed by atoms with Gasteiger partial charge in [0.25, 0.3) is 0 Å². The van der Waals surface area contributed by atoms with Gasteiger partial charge in [-0.3, -0.25) is 14.8 Å². The zero-order chi connectivity index (χ0) is 32.8. The highest BCUT2D eigenvalue weighted by Gasteiger charge is 2.35. The van der Waals surface area contributed by atoms with Crippen molar-refractivity contribution in [3.05, 3.63) is 105 Å². The van der Waals surface area contributed by atoms with Gasteiger partial charge < -0.3 is 30.7 Å². The predicted octanol–water partition coefficient (Wildman–Crippen LogP) is 4.68. The molecule has 1 aliphatic carbocycles. The van der Waals surface area contributed by atoms with Crippen LogP contribution in [0, 0.1) is 0 Å². The Hall–Kier alpha value is -4.33. The maximum atomic E-state index is 13.5. The van der Waals surface area contributed by atoms with Crippen LogP contribution in [0.25, 0.3) is 0 Å². The van der Waals surface area contributed by atoms with E-state index < -0.39 is 30.7 Å². The summed E-state index contributed by atoms with van der Waals surface area (Å²) in [5, 5.41) is 19.0. The molecular weight excluding hydrogens is 637 g/mol. The lowest BCUT2D eigenvalue weighted by Crippen LogP contribution is -2.55. The third kappa shape index (κ3) is 11.2. The second-order valence-electron chi connectivity index (χ2n) is 11.6.